The van der Waals surface area contributed by atoms with Gasteiger partial charge in [-0.25, -0.2) is 4.98 Å². The number of amides is 1. The first-order valence-electron chi connectivity index (χ1n) is 5.44. The van der Waals surface area contributed by atoms with Gasteiger partial charge in [0.05, 0.1) is 21.2 Å². The minimum Gasteiger partial charge on any atom is -0.393 e. The van der Waals surface area contributed by atoms with Crippen molar-refractivity contribution in [2.75, 3.05) is 6.54 Å². The molecule has 2 N–H and O–H groups in total. The monoisotopic (exact) mass is 308 g/mol. The second kappa shape index (κ2) is 5.61. The number of hydrogen-bond donors (Lipinski definition) is 2. The van der Waals surface area contributed by atoms with Gasteiger partial charge in [0.25, 0.3) is 5.91 Å². The summed E-state index contributed by atoms with van der Waals surface area (Å²) in [7, 11) is 0. The van der Waals surface area contributed by atoms with Crippen molar-refractivity contribution < 1.29 is 9.90 Å². The molecular weight excluding hydrogens is 298 g/mol. The van der Waals surface area contributed by atoms with Gasteiger partial charge in [0.2, 0.25) is 0 Å². The van der Waals surface area contributed by atoms with Crippen LogP contribution in [0.3, 0.4) is 0 Å². The highest BCUT2D eigenvalue weighted by atomic mass is 35.5. The lowest BCUT2D eigenvalue weighted by Gasteiger charge is -2.31. The maximum atomic E-state index is 11.8. The van der Waals surface area contributed by atoms with E-state index in [0.29, 0.717) is 25.3 Å². The molecule has 0 aliphatic heterocycles. The summed E-state index contributed by atoms with van der Waals surface area (Å²) in [5.41, 5.74) is 0.0611. The fraction of sp³-hybridized carbons (Fsp3) is 0.455. The van der Waals surface area contributed by atoms with Crippen LogP contribution in [0.25, 0.3) is 0 Å². The van der Waals surface area contributed by atoms with Crippen molar-refractivity contribution in [2.24, 2.45) is 5.92 Å². The topological polar surface area (TPSA) is 62.2 Å². The van der Waals surface area contributed by atoms with Gasteiger partial charge in [-0.1, -0.05) is 34.8 Å². The van der Waals surface area contributed by atoms with E-state index in [1.54, 1.807) is 0 Å². The number of nitrogens with one attached hydrogen (secondary N) is 1. The van der Waals surface area contributed by atoms with E-state index in [-0.39, 0.29) is 32.8 Å². The van der Waals surface area contributed by atoms with Crippen LogP contribution in [0.15, 0.2) is 6.20 Å². The average molecular weight is 310 g/mol. The molecule has 0 aromatic carbocycles. The van der Waals surface area contributed by atoms with E-state index in [1.165, 1.54) is 6.20 Å². The summed E-state index contributed by atoms with van der Waals surface area (Å²) < 4.78 is 0. The Morgan fingerprint density at radius 1 is 1.39 bits per heavy atom. The van der Waals surface area contributed by atoms with Crippen LogP contribution < -0.4 is 5.32 Å². The second-order valence-electron chi connectivity index (χ2n) is 4.28. The normalized spacial score (nSPS) is 22.4. The third kappa shape index (κ3) is 2.88. The van der Waals surface area contributed by atoms with Crippen LogP contribution in [0.5, 0.6) is 0 Å². The van der Waals surface area contributed by atoms with Crippen LogP contribution in [0.1, 0.15) is 23.3 Å². The van der Waals surface area contributed by atoms with Crippen molar-refractivity contribution in [1.29, 1.82) is 0 Å². The summed E-state index contributed by atoms with van der Waals surface area (Å²) in [5.74, 6) is -0.0783. The van der Waals surface area contributed by atoms with Crippen molar-refractivity contribution in [3.05, 3.63) is 27.0 Å². The van der Waals surface area contributed by atoms with E-state index >= 15 is 0 Å². The standard InChI is InChI=1S/C11H11Cl3N2O2/c12-7-4-15-10(9(14)8(7)13)11(18)16-3-5-1-6(17)2-5/h4-6,17H,1-3H2,(H,16,18). The molecule has 18 heavy (non-hydrogen) atoms. The van der Waals surface area contributed by atoms with Crippen LogP contribution in [-0.4, -0.2) is 28.6 Å². The molecule has 7 heteroatoms. The molecule has 0 atom stereocenters. The summed E-state index contributed by atoms with van der Waals surface area (Å²) >= 11 is 17.5. The highest BCUT2D eigenvalue weighted by Gasteiger charge is 2.27. The number of carbonyl (C=O) groups is 1. The van der Waals surface area contributed by atoms with E-state index in [9.17, 15) is 4.79 Å². The Labute approximate surface area is 119 Å². The molecule has 0 bridgehead atoms. The Bertz CT molecular complexity index is 476. The zero-order valence-electron chi connectivity index (χ0n) is 9.29. The highest BCUT2D eigenvalue weighted by molar-refractivity contribution is 6.48. The third-order valence-electron chi connectivity index (χ3n) is 2.89. The maximum Gasteiger partial charge on any atom is 0.271 e. The second-order valence-corrected chi connectivity index (χ2v) is 5.45. The third-order valence-corrected chi connectivity index (χ3v) is 4.14. The van der Waals surface area contributed by atoms with E-state index in [2.05, 4.69) is 10.3 Å². The number of hydrogen-bond acceptors (Lipinski definition) is 3. The van der Waals surface area contributed by atoms with Crippen molar-refractivity contribution in [3.63, 3.8) is 0 Å². The summed E-state index contributed by atoms with van der Waals surface area (Å²) in [6.45, 7) is 0.494. The van der Waals surface area contributed by atoms with Crippen LogP contribution in [0.2, 0.25) is 15.1 Å². The molecule has 0 radical (unpaired) electrons. The molecule has 1 amide bonds. The lowest BCUT2D eigenvalue weighted by molar-refractivity contribution is 0.0420. The first-order chi connectivity index (χ1) is 8.49. The fourth-order valence-corrected chi connectivity index (χ4v) is 2.36. The predicted molar refractivity (Wildman–Crippen MR) is 70.3 cm³/mol. The number of carbonyl (C=O) groups excluding carboxylic acids is 1. The molecule has 1 saturated carbocycles. The maximum absolute atomic E-state index is 11.8. The number of pyridine rings is 1. The number of aliphatic hydroxyl groups excluding tert-OH is 1. The smallest absolute Gasteiger partial charge is 0.271 e. The van der Waals surface area contributed by atoms with Gasteiger partial charge in [-0.2, -0.15) is 0 Å². The molecule has 0 saturated heterocycles. The Morgan fingerprint density at radius 2 is 2.06 bits per heavy atom. The van der Waals surface area contributed by atoms with Crippen LogP contribution in [0.4, 0.5) is 0 Å². The molecule has 4 nitrogen and oxygen atoms in total. The zero-order chi connectivity index (χ0) is 13.3. The fourth-order valence-electron chi connectivity index (χ4n) is 1.79. The highest BCUT2D eigenvalue weighted by Crippen LogP contribution is 2.31. The Balaban J connectivity index is 1.98. The molecule has 1 aliphatic carbocycles. The Hall–Kier alpha value is -0.550. The van der Waals surface area contributed by atoms with Crippen molar-refractivity contribution in [2.45, 2.75) is 18.9 Å². The van der Waals surface area contributed by atoms with Crippen LogP contribution in [0, 0.1) is 5.92 Å². The Kier molecular flexibility index (Phi) is 4.33. The summed E-state index contributed by atoms with van der Waals surface area (Å²) in [6, 6.07) is 0. The number of halogens is 3. The quantitative estimate of drug-likeness (QED) is 0.902. The number of aliphatic hydroxyl groups is 1. The summed E-state index contributed by atoms with van der Waals surface area (Å²) in [4.78, 5) is 15.7. The zero-order valence-corrected chi connectivity index (χ0v) is 11.6. The van der Waals surface area contributed by atoms with E-state index < -0.39 is 0 Å². The SMILES string of the molecule is O=C(NCC1CC(O)C1)c1ncc(Cl)c(Cl)c1Cl. The molecule has 0 spiro atoms. The Morgan fingerprint density at radius 3 is 2.67 bits per heavy atom. The molecular formula is C11H11Cl3N2O2. The lowest BCUT2D eigenvalue weighted by Crippen LogP contribution is -2.38. The van der Waals surface area contributed by atoms with Gasteiger partial charge in [-0.15, -0.1) is 0 Å². The molecule has 1 aliphatic rings. The molecule has 2 rings (SSSR count). The van der Waals surface area contributed by atoms with Crippen molar-refractivity contribution in [1.82, 2.24) is 10.3 Å². The number of nitrogens with zero attached hydrogens (tertiary/aromatic N) is 1. The molecule has 1 aromatic heterocycles. The van der Waals surface area contributed by atoms with Gasteiger partial charge in [0.1, 0.15) is 5.69 Å². The molecule has 98 valence electrons. The largest absolute Gasteiger partial charge is 0.393 e. The van der Waals surface area contributed by atoms with Crippen LogP contribution in [-0.2, 0) is 0 Å². The van der Waals surface area contributed by atoms with E-state index in [1.807, 2.05) is 0 Å². The van der Waals surface area contributed by atoms with Gasteiger partial charge >= 0.3 is 0 Å². The number of rotatable bonds is 3. The van der Waals surface area contributed by atoms with Crippen molar-refractivity contribution in [3.8, 4) is 0 Å². The first kappa shape index (κ1) is 13.9. The van der Waals surface area contributed by atoms with Gasteiger partial charge in [-0.05, 0) is 18.8 Å². The predicted octanol–water partition coefficient (Wildman–Crippen LogP) is 2.54. The number of aromatic nitrogens is 1. The van der Waals surface area contributed by atoms with Gasteiger partial charge in [-0.3, -0.25) is 4.79 Å². The first-order valence-corrected chi connectivity index (χ1v) is 6.58. The van der Waals surface area contributed by atoms with Gasteiger partial charge in [0, 0.05) is 12.7 Å². The molecule has 1 heterocycles. The lowest BCUT2D eigenvalue weighted by atomic mass is 9.82. The summed E-state index contributed by atoms with van der Waals surface area (Å²) in [5, 5.41) is 12.2. The molecule has 0 unspecified atom stereocenters. The molecule has 1 aromatic rings. The van der Waals surface area contributed by atoms with Crippen molar-refractivity contribution >= 4 is 40.7 Å². The molecule has 1 fully saturated rings. The van der Waals surface area contributed by atoms with Gasteiger partial charge < -0.3 is 10.4 Å². The van der Waals surface area contributed by atoms with E-state index in [4.69, 9.17) is 39.9 Å². The van der Waals surface area contributed by atoms with Crippen LogP contribution >= 0.6 is 34.8 Å². The average Bonchev–Trinajstić information content (AvgIpc) is 2.30. The van der Waals surface area contributed by atoms with Gasteiger partial charge in [0.15, 0.2) is 0 Å². The van der Waals surface area contributed by atoms with E-state index in [0.717, 1.165) is 0 Å². The summed E-state index contributed by atoms with van der Waals surface area (Å²) in [6.07, 6.45) is 2.47. The minimum atomic E-state index is -0.389. The minimum absolute atomic E-state index is 0.0512.